The molecule has 0 aliphatic carbocycles. The lowest BCUT2D eigenvalue weighted by Gasteiger charge is -2.20. The Kier molecular flexibility index (Phi) is 6.94. The molecule has 3 atom stereocenters. The average molecular weight is 293 g/mol. The van der Waals surface area contributed by atoms with Crippen molar-refractivity contribution in [2.45, 2.75) is 32.9 Å². The van der Waals surface area contributed by atoms with Crippen LogP contribution in [0, 0.1) is 17.6 Å². The summed E-state index contributed by atoms with van der Waals surface area (Å²) in [6.07, 6.45) is 0. The van der Waals surface area contributed by atoms with E-state index >= 15 is 0 Å². The zero-order valence-electron chi connectivity index (χ0n) is 11.1. The van der Waals surface area contributed by atoms with E-state index in [1.807, 2.05) is 0 Å². The summed E-state index contributed by atoms with van der Waals surface area (Å²) in [6.45, 7) is 5.17. The number of hydrogen-bond acceptors (Lipinski definition) is 2. The molecule has 19 heavy (non-hydrogen) atoms. The molecule has 0 bridgehead atoms. The Hall–Kier alpha value is -1.20. The van der Waals surface area contributed by atoms with Gasteiger partial charge in [-0.05, 0) is 31.5 Å². The fourth-order valence-electron chi connectivity index (χ4n) is 1.45. The first-order chi connectivity index (χ1) is 8.32. The van der Waals surface area contributed by atoms with Crippen LogP contribution in [0.4, 0.5) is 8.78 Å². The van der Waals surface area contributed by atoms with Crippen LogP contribution in [0.1, 0.15) is 32.4 Å². The number of nitrogens with two attached hydrogens (primary N) is 1. The molecule has 0 aliphatic heterocycles. The summed E-state index contributed by atoms with van der Waals surface area (Å²) in [7, 11) is 0. The first-order valence-corrected chi connectivity index (χ1v) is 5.83. The topological polar surface area (TPSA) is 55.1 Å². The predicted molar refractivity (Wildman–Crippen MR) is 73.0 cm³/mol. The van der Waals surface area contributed by atoms with E-state index in [1.54, 1.807) is 20.8 Å². The van der Waals surface area contributed by atoms with Crippen LogP contribution in [0.15, 0.2) is 18.2 Å². The monoisotopic (exact) mass is 292 g/mol. The molecule has 0 saturated heterocycles. The summed E-state index contributed by atoms with van der Waals surface area (Å²) in [6, 6.07) is 2.91. The second-order valence-corrected chi connectivity index (χ2v) is 4.55. The third kappa shape index (κ3) is 4.76. The lowest BCUT2D eigenvalue weighted by molar-refractivity contribution is -0.125. The van der Waals surface area contributed by atoms with Gasteiger partial charge in [-0.3, -0.25) is 4.79 Å². The van der Waals surface area contributed by atoms with E-state index in [9.17, 15) is 13.6 Å². The van der Waals surface area contributed by atoms with Crippen molar-refractivity contribution < 1.29 is 13.6 Å². The molecule has 0 heterocycles. The Bertz CT molecular complexity index is 441. The van der Waals surface area contributed by atoms with Crippen LogP contribution in [-0.2, 0) is 4.79 Å². The smallest absolute Gasteiger partial charge is 0.224 e. The van der Waals surface area contributed by atoms with Crippen molar-refractivity contribution in [1.29, 1.82) is 0 Å². The molecular weight excluding hydrogens is 274 g/mol. The number of nitrogens with one attached hydrogen (secondary N) is 1. The lowest BCUT2D eigenvalue weighted by Crippen LogP contribution is -2.39. The molecule has 108 valence electrons. The van der Waals surface area contributed by atoms with Gasteiger partial charge in [0.05, 0.1) is 6.04 Å². The molecule has 0 saturated carbocycles. The van der Waals surface area contributed by atoms with E-state index < -0.39 is 17.7 Å². The van der Waals surface area contributed by atoms with Crippen LogP contribution in [0.5, 0.6) is 0 Å². The van der Waals surface area contributed by atoms with Gasteiger partial charge >= 0.3 is 0 Å². The fourth-order valence-corrected chi connectivity index (χ4v) is 1.45. The highest BCUT2D eigenvalue weighted by Crippen LogP contribution is 2.16. The van der Waals surface area contributed by atoms with Gasteiger partial charge in [-0.1, -0.05) is 13.0 Å². The minimum absolute atomic E-state index is 0. The van der Waals surface area contributed by atoms with Crippen molar-refractivity contribution in [1.82, 2.24) is 5.32 Å². The number of benzene rings is 1. The highest BCUT2D eigenvalue weighted by Gasteiger charge is 2.19. The molecule has 1 aromatic rings. The van der Waals surface area contributed by atoms with Crippen molar-refractivity contribution in [3.63, 3.8) is 0 Å². The molecule has 1 rings (SSSR count). The minimum atomic E-state index is -0.922. The Labute approximate surface area is 118 Å². The first-order valence-electron chi connectivity index (χ1n) is 5.83. The Morgan fingerprint density at radius 3 is 2.26 bits per heavy atom. The number of carbonyl (C=O) groups is 1. The van der Waals surface area contributed by atoms with Crippen LogP contribution in [0.2, 0.25) is 0 Å². The molecule has 1 amide bonds. The summed E-state index contributed by atoms with van der Waals surface area (Å²) in [5.41, 5.74) is 6.14. The number of carbonyl (C=O) groups excluding carboxylic acids is 1. The van der Waals surface area contributed by atoms with Gasteiger partial charge in [-0.2, -0.15) is 0 Å². The predicted octanol–water partition coefficient (Wildman–Crippen LogP) is 2.55. The third-order valence-corrected chi connectivity index (χ3v) is 3.00. The summed E-state index contributed by atoms with van der Waals surface area (Å²) in [5.74, 6) is -2.37. The van der Waals surface area contributed by atoms with E-state index in [1.165, 1.54) is 6.07 Å². The van der Waals surface area contributed by atoms with Gasteiger partial charge in [0.15, 0.2) is 11.6 Å². The van der Waals surface area contributed by atoms with Crippen LogP contribution in [-0.4, -0.2) is 11.9 Å². The maximum Gasteiger partial charge on any atom is 0.224 e. The molecule has 0 radical (unpaired) electrons. The van der Waals surface area contributed by atoms with E-state index in [-0.39, 0.29) is 30.3 Å². The largest absolute Gasteiger partial charge is 0.349 e. The molecule has 3 N–H and O–H groups in total. The van der Waals surface area contributed by atoms with Gasteiger partial charge in [-0.25, -0.2) is 8.78 Å². The average Bonchev–Trinajstić information content (AvgIpc) is 2.31. The maximum absolute atomic E-state index is 13.1. The summed E-state index contributed by atoms with van der Waals surface area (Å²) in [4.78, 5) is 11.8. The highest BCUT2D eigenvalue weighted by molar-refractivity contribution is 5.85. The zero-order chi connectivity index (χ0) is 13.9. The van der Waals surface area contributed by atoms with Crippen molar-refractivity contribution in [3.8, 4) is 0 Å². The van der Waals surface area contributed by atoms with E-state index in [0.717, 1.165) is 12.1 Å². The van der Waals surface area contributed by atoms with E-state index in [0.29, 0.717) is 5.56 Å². The van der Waals surface area contributed by atoms with Crippen LogP contribution in [0.25, 0.3) is 0 Å². The van der Waals surface area contributed by atoms with Gasteiger partial charge < -0.3 is 11.1 Å². The SMILES string of the molecule is CC(NC(=O)C(C)C(C)N)c1ccc(F)c(F)c1.Cl. The van der Waals surface area contributed by atoms with E-state index in [4.69, 9.17) is 5.73 Å². The molecule has 3 unspecified atom stereocenters. The maximum atomic E-state index is 13.1. The van der Waals surface area contributed by atoms with Crippen molar-refractivity contribution in [3.05, 3.63) is 35.4 Å². The number of rotatable bonds is 4. The van der Waals surface area contributed by atoms with Gasteiger partial charge in [0, 0.05) is 12.0 Å². The standard InChI is InChI=1S/C13H18F2N2O.ClH/c1-7(8(2)16)13(18)17-9(3)10-4-5-11(14)12(15)6-10;/h4-9H,16H2,1-3H3,(H,17,18);1H. The van der Waals surface area contributed by atoms with Gasteiger partial charge in [-0.15, -0.1) is 12.4 Å². The molecule has 0 aromatic heterocycles. The molecule has 1 aromatic carbocycles. The van der Waals surface area contributed by atoms with Gasteiger partial charge in [0.25, 0.3) is 0 Å². The molecule has 3 nitrogen and oxygen atoms in total. The second-order valence-electron chi connectivity index (χ2n) is 4.55. The summed E-state index contributed by atoms with van der Waals surface area (Å²) < 4.78 is 25.8. The molecular formula is C13H19ClF2N2O. The quantitative estimate of drug-likeness (QED) is 0.896. The molecule has 6 heteroatoms. The second kappa shape index (κ2) is 7.40. The van der Waals surface area contributed by atoms with Crippen LogP contribution >= 0.6 is 12.4 Å². The molecule has 0 spiro atoms. The summed E-state index contributed by atoms with van der Waals surface area (Å²) in [5, 5.41) is 2.72. The molecule has 0 aliphatic rings. The molecule has 0 fully saturated rings. The Morgan fingerprint density at radius 1 is 1.21 bits per heavy atom. The lowest BCUT2D eigenvalue weighted by atomic mass is 10.0. The number of amides is 1. The zero-order valence-corrected chi connectivity index (χ0v) is 11.9. The van der Waals surface area contributed by atoms with Crippen molar-refractivity contribution >= 4 is 18.3 Å². The third-order valence-electron chi connectivity index (χ3n) is 3.00. The van der Waals surface area contributed by atoms with Crippen molar-refractivity contribution in [2.24, 2.45) is 11.7 Å². The van der Waals surface area contributed by atoms with Crippen molar-refractivity contribution in [2.75, 3.05) is 0 Å². The van der Waals surface area contributed by atoms with E-state index in [2.05, 4.69) is 5.32 Å². The Balaban J connectivity index is 0.00000324. The van der Waals surface area contributed by atoms with Crippen LogP contribution in [0.3, 0.4) is 0 Å². The van der Waals surface area contributed by atoms with Gasteiger partial charge in [0.2, 0.25) is 5.91 Å². The fraction of sp³-hybridized carbons (Fsp3) is 0.462. The minimum Gasteiger partial charge on any atom is -0.349 e. The summed E-state index contributed by atoms with van der Waals surface area (Å²) >= 11 is 0. The Morgan fingerprint density at radius 2 is 1.79 bits per heavy atom. The normalized spacial score (nSPS) is 15.1. The first kappa shape index (κ1) is 17.8. The van der Waals surface area contributed by atoms with Crippen LogP contribution < -0.4 is 11.1 Å². The van der Waals surface area contributed by atoms with Gasteiger partial charge in [0.1, 0.15) is 0 Å². The highest BCUT2D eigenvalue weighted by atomic mass is 35.5. The number of halogens is 3. The number of hydrogen-bond donors (Lipinski definition) is 2.